The van der Waals surface area contributed by atoms with Crippen LogP contribution in [0.3, 0.4) is 0 Å². The van der Waals surface area contributed by atoms with E-state index in [1.54, 1.807) is 0 Å². The van der Waals surface area contributed by atoms with E-state index < -0.39 is 0 Å². The number of rotatable bonds is 4. The van der Waals surface area contributed by atoms with E-state index in [1.807, 2.05) is 11.3 Å². The number of hydrogen-bond donors (Lipinski definition) is 2. The summed E-state index contributed by atoms with van der Waals surface area (Å²) in [4.78, 5) is 23.8. The fraction of sp³-hybridized carbons (Fsp3) is 0.400. The van der Waals surface area contributed by atoms with Crippen LogP contribution in [0.2, 0.25) is 0 Å². The summed E-state index contributed by atoms with van der Waals surface area (Å²) in [5, 5.41) is 5.04. The Hall–Kier alpha value is -1.99. The zero-order valence-corrected chi connectivity index (χ0v) is 13.3. The Morgan fingerprint density at radius 3 is 3.14 bits per heavy atom. The fourth-order valence-corrected chi connectivity index (χ4v) is 3.51. The van der Waals surface area contributed by atoms with Crippen molar-refractivity contribution in [1.29, 1.82) is 0 Å². The molecule has 7 heteroatoms. The largest absolute Gasteiger partial charge is 0.382 e. The van der Waals surface area contributed by atoms with Gasteiger partial charge in [-0.05, 0) is 30.4 Å². The summed E-state index contributed by atoms with van der Waals surface area (Å²) in [6, 6.07) is 2.45. The van der Waals surface area contributed by atoms with Crippen molar-refractivity contribution in [3.05, 3.63) is 40.0 Å². The molecule has 3 N–H and O–H groups in total. The summed E-state index contributed by atoms with van der Waals surface area (Å²) >= 11 is 1.83. The van der Waals surface area contributed by atoms with Gasteiger partial charge in [0.05, 0.1) is 0 Å². The zero-order valence-electron chi connectivity index (χ0n) is 12.5. The highest BCUT2D eigenvalue weighted by molar-refractivity contribution is 7.10. The van der Waals surface area contributed by atoms with E-state index in [0.717, 1.165) is 19.5 Å². The van der Waals surface area contributed by atoms with Gasteiger partial charge in [-0.2, -0.15) is 0 Å². The van der Waals surface area contributed by atoms with E-state index in [4.69, 9.17) is 5.73 Å². The second kappa shape index (κ2) is 6.41. The Kier molecular flexibility index (Phi) is 4.35. The lowest BCUT2D eigenvalue weighted by Crippen LogP contribution is -2.44. The highest BCUT2D eigenvalue weighted by Gasteiger charge is 2.22. The Morgan fingerprint density at radius 1 is 1.50 bits per heavy atom. The van der Waals surface area contributed by atoms with Crippen molar-refractivity contribution in [1.82, 2.24) is 20.2 Å². The van der Waals surface area contributed by atoms with Crippen molar-refractivity contribution in [3.63, 3.8) is 0 Å². The van der Waals surface area contributed by atoms with Gasteiger partial charge in [0.1, 0.15) is 0 Å². The molecule has 6 nitrogen and oxygen atoms in total. The van der Waals surface area contributed by atoms with Crippen LogP contribution >= 0.6 is 11.3 Å². The van der Waals surface area contributed by atoms with E-state index in [2.05, 4.69) is 38.6 Å². The summed E-state index contributed by atoms with van der Waals surface area (Å²) in [5.74, 6) is -0.112. The van der Waals surface area contributed by atoms with E-state index in [-0.39, 0.29) is 23.5 Å². The van der Waals surface area contributed by atoms with Crippen molar-refractivity contribution in [2.75, 3.05) is 18.8 Å². The lowest BCUT2D eigenvalue weighted by Gasteiger charge is -2.32. The number of aromatic nitrogens is 2. The van der Waals surface area contributed by atoms with Gasteiger partial charge in [-0.3, -0.25) is 9.69 Å². The van der Waals surface area contributed by atoms with Crippen molar-refractivity contribution in [3.8, 4) is 0 Å². The summed E-state index contributed by atoms with van der Waals surface area (Å²) in [7, 11) is 0. The smallest absolute Gasteiger partial charge is 0.273 e. The second-order valence-electron chi connectivity index (χ2n) is 5.44. The predicted molar refractivity (Wildman–Crippen MR) is 86.7 cm³/mol. The van der Waals surface area contributed by atoms with Gasteiger partial charge in [-0.1, -0.05) is 0 Å². The van der Waals surface area contributed by atoms with Gasteiger partial charge in [-0.25, -0.2) is 9.97 Å². The number of thiophene rings is 1. The van der Waals surface area contributed by atoms with Crippen LogP contribution in [0, 0.1) is 0 Å². The molecule has 0 aliphatic carbocycles. The molecule has 0 unspecified atom stereocenters. The molecule has 1 aliphatic rings. The molecule has 1 atom stereocenters. The molecule has 2 aromatic rings. The zero-order chi connectivity index (χ0) is 15.5. The van der Waals surface area contributed by atoms with Crippen LogP contribution in [-0.4, -0.2) is 39.9 Å². The molecule has 0 bridgehead atoms. The SMILES string of the molecule is C[C@H](CNC(=O)c1nccnc1N)N1CCc2sccc2C1. The van der Waals surface area contributed by atoms with Gasteiger partial charge in [-0.15, -0.1) is 11.3 Å². The number of nitrogens with zero attached hydrogens (tertiary/aromatic N) is 3. The first-order valence-corrected chi connectivity index (χ1v) is 8.17. The Balaban J connectivity index is 1.56. The molecule has 1 amide bonds. The maximum atomic E-state index is 12.1. The highest BCUT2D eigenvalue weighted by atomic mass is 32.1. The third kappa shape index (κ3) is 3.10. The first kappa shape index (κ1) is 14.9. The standard InChI is InChI=1S/C15H19N5OS/c1-10(20-6-2-12-11(9-20)3-7-22-12)8-19-15(21)13-14(16)18-5-4-17-13/h3-5,7,10H,2,6,8-9H2,1H3,(H2,16,18)(H,19,21)/t10-/m1/s1. The predicted octanol–water partition coefficient (Wildman–Crippen LogP) is 1.30. The molecule has 0 fully saturated rings. The number of nitrogens with one attached hydrogen (secondary N) is 1. The lowest BCUT2D eigenvalue weighted by molar-refractivity contribution is 0.0928. The first-order chi connectivity index (χ1) is 10.6. The maximum absolute atomic E-state index is 12.1. The number of carbonyl (C=O) groups is 1. The van der Waals surface area contributed by atoms with Crippen LogP contribution in [0.4, 0.5) is 5.82 Å². The average Bonchev–Trinajstić information content (AvgIpc) is 3.00. The molecule has 0 spiro atoms. The number of hydrogen-bond acceptors (Lipinski definition) is 6. The van der Waals surface area contributed by atoms with E-state index in [1.165, 1.54) is 22.8 Å². The molecular formula is C15H19N5OS. The summed E-state index contributed by atoms with van der Waals surface area (Å²) in [6.07, 6.45) is 4.03. The normalized spacial score (nSPS) is 16.0. The minimum Gasteiger partial charge on any atom is -0.382 e. The molecule has 0 radical (unpaired) electrons. The maximum Gasteiger partial charge on any atom is 0.273 e. The van der Waals surface area contributed by atoms with E-state index in [0.29, 0.717) is 6.54 Å². The number of fused-ring (bicyclic) bond motifs is 1. The lowest BCUT2D eigenvalue weighted by atomic mass is 10.1. The van der Waals surface area contributed by atoms with E-state index in [9.17, 15) is 4.79 Å². The minimum absolute atomic E-state index is 0.161. The number of nitrogens with two attached hydrogens (primary N) is 1. The van der Waals surface area contributed by atoms with Crippen molar-refractivity contribution < 1.29 is 4.79 Å². The van der Waals surface area contributed by atoms with Gasteiger partial charge >= 0.3 is 0 Å². The molecule has 3 heterocycles. The average molecular weight is 317 g/mol. The summed E-state index contributed by atoms with van der Waals surface area (Å²) < 4.78 is 0. The van der Waals surface area contributed by atoms with Crippen LogP contribution in [0.15, 0.2) is 23.8 Å². The quantitative estimate of drug-likeness (QED) is 0.888. The molecule has 22 heavy (non-hydrogen) atoms. The van der Waals surface area contributed by atoms with Crippen LogP contribution in [0.25, 0.3) is 0 Å². The number of carbonyl (C=O) groups excluding carboxylic acids is 1. The van der Waals surface area contributed by atoms with Crippen molar-refractivity contribution >= 4 is 23.1 Å². The molecule has 1 aliphatic heterocycles. The molecule has 0 aromatic carbocycles. The molecule has 3 rings (SSSR count). The highest BCUT2D eigenvalue weighted by Crippen LogP contribution is 2.24. The minimum atomic E-state index is -0.273. The third-order valence-electron chi connectivity index (χ3n) is 3.96. The van der Waals surface area contributed by atoms with Gasteiger partial charge in [0.2, 0.25) is 0 Å². The third-order valence-corrected chi connectivity index (χ3v) is 4.98. The number of nitrogen functional groups attached to an aromatic ring is 1. The fourth-order valence-electron chi connectivity index (χ4n) is 2.62. The second-order valence-corrected chi connectivity index (χ2v) is 6.44. The topological polar surface area (TPSA) is 84.1 Å². The van der Waals surface area contributed by atoms with Crippen LogP contribution in [0.1, 0.15) is 27.9 Å². The molecule has 0 saturated carbocycles. The van der Waals surface area contributed by atoms with Crippen molar-refractivity contribution in [2.24, 2.45) is 0 Å². The van der Waals surface area contributed by atoms with Gasteiger partial charge in [0.25, 0.3) is 5.91 Å². The Bertz CT molecular complexity index is 671. The molecular weight excluding hydrogens is 298 g/mol. The van der Waals surface area contributed by atoms with Crippen LogP contribution < -0.4 is 11.1 Å². The van der Waals surface area contributed by atoms with Crippen molar-refractivity contribution in [2.45, 2.75) is 25.9 Å². The molecule has 116 valence electrons. The van der Waals surface area contributed by atoms with Crippen LogP contribution in [-0.2, 0) is 13.0 Å². The Morgan fingerprint density at radius 2 is 2.32 bits per heavy atom. The summed E-state index contributed by atoms with van der Waals surface area (Å²) in [6.45, 7) is 4.66. The monoisotopic (exact) mass is 317 g/mol. The number of anilines is 1. The first-order valence-electron chi connectivity index (χ1n) is 7.29. The van der Waals surface area contributed by atoms with E-state index >= 15 is 0 Å². The molecule has 0 saturated heterocycles. The van der Waals surface area contributed by atoms with Gasteiger partial charge in [0, 0.05) is 42.9 Å². The number of amides is 1. The van der Waals surface area contributed by atoms with Gasteiger partial charge < -0.3 is 11.1 Å². The molecule has 2 aromatic heterocycles. The Labute approximate surface area is 133 Å². The summed E-state index contributed by atoms with van der Waals surface area (Å²) in [5.41, 5.74) is 7.27. The van der Waals surface area contributed by atoms with Crippen LogP contribution in [0.5, 0.6) is 0 Å². The van der Waals surface area contributed by atoms with Gasteiger partial charge in [0.15, 0.2) is 11.5 Å².